The Bertz CT molecular complexity index is 1790. The molecule has 14 heteroatoms. The lowest BCUT2D eigenvalue weighted by atomic mass is 10.0. The van der Waals surface area contributed by atoms with Gasteiger partial charge in [-0.05, 0) is 61.9 Å². The molecule has 3 aromatic carbocycles. The average Bonchev–Trinajstić information content (AvgIpc) is 3.14. The molecule has 288 valence electrons. The number of nitrogens with one attached hydrogen (secondary N) is 5. The Kier molecular flexibility index (Phi) is 16.0. The third kappa shape index (κ3) is 12.1. The number of amides is 4. The third-order valence-corrected chi connectivity index (χ3v) is 10.7. The summed E-state index contributed by atoms with van der Waals surface area (Å²) in [6, 6.07) is 21.1. The normalized spacial score (nSPS) is 13.8. The molecule has 0 aliphatic heterocycles. The second kappa shape index (κ2) is 19.9. The lowest BCUT2D eigenvalue weighted by molar-refractivity contribution is -0.130. The zero-order chi connectivity index (χ0) is 39.3. The maximum absolute atomic E-state index is 14.0. The van der Waals surface area contributed by atoms with Crippen LogP contribution >= 0.6 is 0 Å². The summed E-state index contributed by atoms with van der Waals surface area (Å²) in [4.78, 5) is 53.5. The smallest absolute Gasteiger partial charge is 0.303 e. The summed E-state index contributed by atoms with van der Waals surface area (Å²) in [6.45, 7) is 9.77. The minimum Gasteiger partial charge on any atom is -0.355 e. The summed E-state index contributed by atoms with van der Waals surface area (Å²) in [5, 5.41) is 14.8. The molecule has 0 radical (unpaired) electrons. The molecule has 0 aliphatic carbocycles. The van der Waals surface area contributed by atoms with E-state index < -0.39 is 40.1 Å². The van der Waals surface area contributed by atoms with Gasteiger partial charge in [0, 0.05) is 51.4 Å². The fourth-order valence-electron chi connectivity index (χ4n) is 5.63. The summed E-state index contributed by atoms with van der Waals surface area (Å²) in [6.07, 6.45) is 1.00. The van der Waals surface area contributed by atoms with Crippen LogP contribution in [0.25, 0.3) is 0 Å². The molecule has 3 aromatic rings. The SMILES string of the molecule is CCNC(=O)[C@@H](NC(=O)[C@H](C)NC[C@H](Cc1ccccc1)NC(=O)c1cc(C(=O)N[C@H](CC)c2ccccc2)cc(N(C)S(=O)(=O)N(C)C)c1)C(C)C. The first-order valence-corrected chi connectivity index (χ1v) is 19.3. The molecule has 5 N–H and O–H groups in total. The summed E-state index contributed by atoms with van der Waals surface area (Å²) in [5.74, 6) is -1.77. The van der Waals surface area contributed by atoms with Crippen molar-refractivity contribution in [1.29, 1.82) is 0 Å². The van der Waals surface area contributed by atoms with E-state index in [0.29, 0.717) is 19.4 Å². The van der Waals surface area contributed by atoms with E-state index >= 15 is 0 Å². The van der Waals surface area contributed by atoms with E-state index in [0.717, 1.165) is 19.7 Å². The van der Waals surface area contributed by atoms with Crippen LogP contribution in [0, 0.1) is 5.92 Å². The van der Waals surface area contributed by atoms with Crippen LogP contribution in [0.4, 0.5) is 5.69 Å². The lowest BCUT2D eigenvalue weighted by Gasteiger charge is -2.26. The van der Waals surface area contributed by atoms with Gasteiger partial charge in [0.2, 0.25) is 11.8 Å². The van der Waals surface area contributed by atoms with Gasteiger partial charge >= 0.3 is 10.2 Å². The maximum atomic E-state index is 14.0. The van der Waals surface area contributed by atoms with Gasteiger partial charge < -0.3 is 26.6 Å². The van der Waals surface area contributed by atoms with Crippen molar-refractivity contribution in [2.75, 3.05) is 38.5 Å². The Morgan fingerprint density at radius 1 is 0.736 bits per heavy atom. The van der Waals surface area contributed by atoms with Crippen LogP contribution < -0.4 is 30.9 Å². The maximum Gasteiger partial charge on any atom is 0.303 e. The van der Waals surface area contributed by atoms with Crippen molar-refractivity contribution in [3.8, 4) is 0 Å². The molecule has 0 spiro atoms. The second-order valence-electron chi connectivity index (χ2n) is 13.5. The number of nitrogens with zero attached hydrogens (tertiary/aromatic N) is 2. The number of carbonyl (C=O) groups is 4. The van der Waals surface area contributed by atoms with Crippen LogP contribution in [0.1, 0.15) is 78.9 Å². The van der Waals surface area contributed by atoms with Gasteiger partial charge in [0.25, 0.3) is 11.8 Å². The lowest BCUT2D eigenvalue weighted by Crippen LogP contribution is -2.55. The zero-order valence-corrected chi connectivity index (χ0v) is 32.8. The first kappa shape index (κ1) is 42.6. The summed E-state index contributed by atoms with van der Waals surface area (Å²) in [5.41, 5.74) is 2.15. The third-order valence-electron chi connectivity index (χ3n) is 8.85. The van der Waals surface area contributed by atoms with Crippen LogP contribution in [0.5, 0.6) is 0 Å². The largest absolute Gasteiger partial charge is 0.355 e. The van der Waals surface area contributed by atoms with Gasteiger partial charge in [-0.15, -0.1) is 0 Å². The molecule has 3 rings (SSSR count). The molecule has 0 aliphatic rings. The van der Waals surface area contributed by atoms with Gasteiger partial charge in [-0.3, -0.25) is 23.5 Å². The van der Waals surface area contributed by atoms with Crippen molar-refractivity contribution in [3.63, 3.8) is 0 Å². The Morgan fingerprint density at radius 3 is 1.83 bits per heavy atom. The van der Waals surface area contributed by atoms with Gasteiger partial charge in [-0.1, -0.05) is 81.4 Å². The zero-order valence-electron chi connectivity index (χ0n) is 32.0. The molecule has 0 unspecified atom stereocenters. The Balaban J connectivity index is 1.92. The first-order chi connectivity index (χ1) is 25.1. The van der Waals surface area contributed by atoms with E-state index in [2.05, 4.69) is 26.6 Å². The van der Waals surface area contributed by atoms with E-state index in [1.165, 1.54) is 39.3 Å². The molecule has 4 atom stereocenters. The van der Waals surface area contributed by atoms with E-state index in [1.807, 2.05) is 88.4 Å². The quantitative estimate of drug-likeness (QED) is 0.125. The molecule has 53 heavy (non-hydrogen) atoms. The Morgan fingerprint density at radius 2 is 1.30 bits per heavy atom. The van der Waals surface area contributed by atoms with Crippen molar-refractivity contribution in [2.45, 2.75) is 71.6 Å². The van der Waals surface area contributed by atoms with Crippen LogP contribution in [0.15, 0.2) is 78.9 Å². The molecule has 0 aromatic heterocycles. The van der Waals surface area contributed by atoms with Crippen molar-refractivity contribution in [2.24, 2.45) is 5.92 Å². The second-order valence-corrected chi connectivity index (χ2v) is 15.7. The molecular formula is C39H55N7O6S. The Labute approximate surface area is 314 Å². The first-order valence-electron chi connectivity index (χ1n) is 17.9. The highest BCUT2D eigenvalue weighted by Crippen LogP contribution is 2.24. The number of hydrogen-bond donors (Lipinski definition) is 5. The van der Waals surface area contributed by atoms with Crippen LogP contribution in [0.3, 0.4) is 0 Å². The van der Waals surface area contributed by atoms with Crippen LogP contribution in [-0.4, -0.2) is 88.7 Å². The van der Waals surface area contributed by atoms with Crippen molar-refractivity contribution < 1.29 is 27.6 Å². The fraction of sp³-hybridized carbons (Fsp3) is 0.436. The van der Waals surface area contributed by atoms with E-state index in [-0.39, 0.29) is 47.1 Å². The summed E-state index contributed by atoms with van der Waals surface area (Å²) >= 11 is 0. The summed E-state index contributed by atoms with van der Waals surface area (Å²) in [7, 11) is 0.182. The molecule has 4 amide bonds. The minimum atomic E-state index is -3.97. The highest BCUT2D eigenvalue weighted by atomic mass is 32.2. The van der Waals surface area contributed by atoms with E-state index in [1.54, 1.807) is 6.92 Å². The molecule has 0 saturated carbocycles. The van der Waals surface area contributed by atoms with Gasteiger partial charge in [-0.2, -0.15) is 12.7 Å². The fourth-order valence-corrected chi connectivity index (χ4v) is 6.49. The molecule has 0 bridgehead atoms. The highest BCUT2D eigenvalue weighted by molar-refractivity contribution is 7.90. The molecular weight excluding hydrogens is 695 g/mol. The van der Waals surface area contributed by atoms with Crippen molar-refractivity contribution in [1.82, 2.24) is 30.9 Å². The van der Waals surface area contributed by atoms with Crippen molar-refractivity contribution in [3.05, 3.63) is 101 Å². The summed E-state index contributed by atoms with van der Waals surface area (Å²) < 4.78 is 28.4. The monoisotopic (exact) mass is 749 g/mol. The molecule has 13 nitrogen and oxygen atoms in total. The van der Waals surface area contributed by atoms with Crippen LogP contribution in [-0.2, 0) is 26.2 Å². The van der Waals surface area contributed by atoms with Gasteiger partial charge in [0.05, 0.1) is 17.8 Å². The molecule has 0 heterocycles. The highest BCUT2D eigenvalue weighted by Gasteiger charge is 2.28. The van der Waals surface area contributed by atoms with Gasteiger partial charge in [-0.25, -0.2) is 0 Å². The topological polar surface area (TPSA) is 169 Å². The number of carbonyl (C=O) groups excluding carboxylic acids is 4. The number of rotatable bonds is 19. The average molecular weight is 750 g/mol. The Hall–Kier alpha value is -4.79. The van der Waals surface area contributed by atoms with E-state index in [4.69, 9.17) is 0 Å². The number of likely N-dealkylation sites (N-methyl/N-ethyl adjacent to an activating group) is 1. The predicted octanol–water partition coefficient (Wildman–Crippen LogP) is 3.41. The predicted molar refractivity (Wildman–Crippen MR) is 209 cm³/mol. The van der Waals surface area contributed by atoms with E-state index in [9.17, 15) is 27.6 Å². The van der Waals surface area contributed by atoms with Gasteiger partial charge in [0.1, 0.15) is 6.04 Å². The van der Waals surface area contributed by atoms with Crippen LogP contribution in [0.2, 0.25) is 0 Å². The molecule has 0 saturated heterocycles. The number of anilines is 1. The number of hydrogen-bond acceptors (Lipinski definition) is 7. The minimum absolute atomic E-state index is 0.0757. The molecule has 0 fully saturated rings. The van der Waals surface area contributed by atoms with Crippen molar-refractivity contribution >= 4 is 39.5 Å². The standard InChI is InChI=1S/C39H55N7O6S/c1-9-34(29-19-15-12-16-20-29)43-38(49)31-22-30(23-33(24-31)46(8)53(51,52)45(6)7)37(48)42-32(21-28-17-13-11-14-18-28)25-41-27(5)36(47)44-35(26(3)4)39(50)40-10-2/h11-20,22-24,26-27,32,34-35,41H,9-10,21,25H2,1-8H3,(H,40,50)(H,42,48)(H,43,49)(H,44,47)/t27-,32-,34+,35-/m0/s1. The van der Waals surface area contributed by atoms with Gasteiger partial charge in [0.15, 0.2) is 0 Å². The number of benzene rings is 3.